The van der Waals surface area contributed by atoms with Crippen molar-refractivity contribution >= 4 is 32.3 Å². The molecule has 0 aliphatic rings. The van der Waals surface area contributed by atoms with Crippen LogP contribution >= 0.6 is 0 Å². The summed E-state index contributed by atoms with van der Waals surface area (Å²) in [5.74, 6) is 0. The van der Waals surface area contributed by atoms with Gasteiger partial charge in [0.05, 0.1) is 32.3 Å². The average Bonchev–Trinajstić information content (AvgIpc) is 2.15. The maximum absolute atomic E-state index is 2.65. The Kier molecular flexibility index (Phi) is 7.61. The van der Waals surface area contributed by atoms with Gasteiger partial charge in [-0.25, -0.2) is 0 Å². The van der Waals surface area contributed by atoms with Gasteiger partial charge in [-0.05, 0) is 11.1 Å². The highest BCUT2D eigenvalue weighted by atomic mass is 28.3. The zero-order chi connectivity index (χ0) is 18.0. The second kappa shape index (κ2) is 7.49. The monoisotopic (exact) mass is 370 g/mol. The summed E-state index contributed by atoms with van der Waals surface area (Å²) in [5.41, 5.74) is 6.79. The first kappa shape index (κ1) is 22.3. The lowest BCUT2D eigenvalue weighted by atomic mass is 10.3. The SMILES string of the molecule is C[Si](C)(C)/C=C/C(C(/C=C/[Si](C)(C)C)[Si](C)(C)C)[Si](C)(C)C. The fourth-order valence-corrected chi connectivity index (χ4v) is 11.4. The van der Waals surface area contributed by atoms with Crippen LogP contribution in [0, 0.1) is 0 Å². The fourth-order valence-electron chi connectivity index (χ4n) is 2.68. The van der Waals surface area contributed by atoms with E-state index in [0.29, 0.717) is 0 Å². The third-order valence-corrected chi connectivity index (χ3v) is 11.8. The molecule has 2 atom stereocenters. The first-order valence-electron chi connectivity index (χ1n) is 8.82. The van der Waals surface area contributed by atoms with Crippen molar-refractivity contribution < 1.29 is 0 Å². The van der Waals surface area contributed by atoms with E-state index in [2.05, 4.69) is 102 Å². The lowest BCUT2D eigenvalue weighted by Crippen LogP contribution is -2.39. The lowest BCUT2D eigenvalue weighted by molar-refractivity contribution is 0.945. The van der Waals surface area contributed by atoms with Crippen LogP contribution in [-0.2, 0) is 0 Å². The highest BCUT2D eigenvalue weighted by molar-refractivity contribution is 6.85. The molecular weight excluding hydrogens is 329 g/mol. The van der Waals surface area contributed by atoms with Crippen LogP contribution in [0.15, 0.2) is 23.6 Å². The van der Waals surface area contributed by atoms with Gasteiger partial charge in [0.2, 0.25) is 0 Å². The molecule has 0 aromatic carbocycles. The Morgan fingerprint density at radius 3 is 0.818 bits per heavy atom. The van der Waals surface area contributed by atoms with Crippen molar-refractivity contribution in [2.24, 2.45) is 0 Å². The lowest BCUT2D eigenvalue weighted by Gasteiger charge is -2.40. The molecule has 0 aromatic rings. The molecule has 0 nitrogen and oxygen atoms in total. The normalized spacial score (nSPS) is 18.2. The molecule has 0 saturated heterocycles. The largest absolute Gasteiger partial charge is 0.0989 e. The van der Waals surface area contributed by atoms with Gasteiger partial charge in [0.15, 0.2) is 0 Å². The molecular formula is C18H42Si4. The van der Waals surface area contributed by atoms with Crippen molar-refractivity contribution in [3.8, 4) is 0 Å². The molecule has 0 heterocycles. The van der Waals surface area contributed by atoms with Crippen LogP contribution in [0.4, 0.5) is 0 Å². The molecule has 2 unspecified atom stereocenters. The van der Waals surface area contributed by atoms with E-state index in [1.807, 2.05) is 0 Å². The third kappa shape index (κ3) is 9.48. The highest BCUT2D eigenvalue weighted by Gasteiger charge is 2.38. The van der Waals surface area contributed by atoms with E-state index in [4.69, 9.17) is 0 Å². The Morgan fingerprint density at radius 2 is 0.682 bits per heavy atom. The van der Waals surface area contributed by atoms with Crippen LogP contribution in [0.2, 0.25) is 89.6 Å². The fraction of sp³-hybridized carbons (Fsp3) is 0.778. The van der Waals surface area contributed by atoms with E-state index in [1.54, 1.807) is 0 Å². The Morgan fingerprint density at radius 1 is 0.455 bits per heavy atom. The summed E-state index contributed by atoms with van der Waals surface area (Å²) in [6.07, 6.45) is 5.30. The topological polar surface area (TPSA) is 0 Å². The van der Waals surface area contributed by atoms with Crippen LogP contribution in [0.1, 0.15) is 0 Å². The molecule has 0 amide bonds. The Balaban J connectivity index is 5.79. The quantitative estimate of drug-likeness (QED) is 0.413. The predicted octanol–water partition coefficient (Wildman–Crippen LogP) is 7.27. The molecule has 0 rings (SSSR count). The van der Waals surface area contributed by atoms with Crippen LogP contribution < -0.4 is 0 Å². The molecule has 0 radical (unpaired) electrons. The summed E-state index contributed by atoms with van der Waals surface area (Å²) in [7, 11) is -4.69. The van der Waals surface area contributed by atoms with E-state index >= 15 is 0 Å². The second-order valence-electron chi connectivity index (χ2n) is 11.2. The van der Waals surface area contributed by atoms with Crippen LogP contribution in [0.25, 0.3) is 0 Å². The Hall–Kier alpha value is 0.348. The van der Waals surface area contributed by atoms with E-state index < -0.39 is 32.3 Å². The number of rotatable bonds is 7. The van der Waals surface area contributed by atoms with Crippen LogP contribution in [-0.4, -0.2) is 32.3 Å². The first-order chi connectivity index (χ1) is 9.43. The first-order valence-corrected chi connectivity index (χ1v) is 23.1. The summed E-state index contributed by atoms with van der Waals surface area (Å²) in [6, 6.07) is 0. The summed E-state index contributed by atoms with van der Waals surface area (Å²) in [4.78, 5) is 0. The van der Waals surface area contributed by atoms with Gasteiger partial charge in [-0.2, -0.15) is 0 Å². The predicted molar refractivity (Wildman–Crippen MR) is 119 cm³/mol. The standard InChI is InChI=1S/C18H42Si4/c1-19(2,3)15-13-17(21(7,8)9)18(22(10,11)12)14-16-20(4,5)6/h13-18H,1-12H3/b15-13+,16-14+. The molecule has 130 valence electrons. The zero-order valence-corrected chi connectivity index (χ0v) is 21.5. The second-order valence-corrected chi connectivity index (χ2v) is 32.2. The Bertz CT molecular complexity index is 355. The van der Waals surface area contributed by atoms with Crippen molar-refractivity contribution in [3.63, 3.8) is 0 Å². The van der Waals surface area contributed by atoms with Crippen molar-refractivity contribution in [1.29, 1.82) is 0 Å². The van der Waals surface area contributed by atoms with Gasteiger partial charge in [-0.1, -0.05) is 102 Å². The van der Waals surface area contributed by atoms with E-state index in [9.17, 15) is 0 Å². The summed E-state index contributed by atoms with van der Waals surface area (Å²) >= 11 is 0. The van der Waals surface area contributed by atoms with Gasteiger partial charge in [0, 0.05) is 0 Å². The molecule has 22 heavy (non-hydrogen) atoms. The van der Waals surface area contributed by atoms with Gasteiger partial charge in [-0.3, -0.25) is 0 Å². The smallest absolute Gasteiger partial charge is 0.0682 e. The molecule has 0 aromatic heterocycles. The maximum Gasteiger partial charge on any atom is 0.0682 e. The number of hydrogen-bond donors (Lipinski definition) is 0. The Labute approximate surface area is 145 Å². The summed E-state index contributed by atoms with van der Waals surface area (Å²) < 4.78 is 0. The van der Waals surface area contributed by atoms with Crippen LogP contribution in [0.5, 0.6) is 0 Å². The van der Waals surface area contributed by atoms with Crippen LogP contribution in [0.3, 0.4) is 0 Å². The third-order valence-electron chi connectivity index (χ3n) is 3.99. The number of allylic oxidation sites excluding steroid dienone is 2. The molecule has 4 heteroatoms. The van der Waals surface area contributed by atoms with Gasteiger partial charge >= 0.3 is 0 Å². The number of hydrogen-bond acceptors (Lipinski definition) is 0. The van der Waals surface area contributed by atoms with Gasteiger partial charge in [0.25, 0.3) is 0 Å². The van der Waals surface area contributed by atoms with Crippen molar-refractivity contribution in [2.75, 3.05) is 0 Å². The average molecular weight is 371 g/mol. The van der Waals surface area contributed by atoms with E-state index in [-0.39, 0.29) is 0 Å². The minimum Gasteiger partial charge on any atom is -0.0989 e. The summed E-state index contributed by atoms with van der Waals surface area (Å²) in [5, 5.41) is 0. The molecule has 0 fully saturated rings. The summed E-state index contributed by atoms with van der Waals surface area (Å²) in [6.45, 7) is 30.0. The van der Waals surface area contributed by atoms with Gasteiger partial charge in [-0.15, -0.1) is 0 Å². The van der Waals surface area contributed by atoms with Crippen molar-refractivity contribution in [1.82, 2.24) is 0 Å². The molecule has 0 saturated carbocycles. The van der Waals surface area contributed by atoms with E-state index in [0.717, 1.165) is 11.1 Å². The van der Waals surface area contributed by atoms with Crippen molar-refractivity contribution in [3.05, 3.63) is 23.6 Å². The van der Waals surface area contributed by atoms with Gasteiger partial charge in [0.1, 0.15) is 0 Å². The van der Waals surface area contributed by atoms with Gasteiger partial charge < -0.3 is 0 Å². The van der Waals surface area contributed by atoms with Crippen molar-refractivity contribution in [2.45, 2.75) is 89.6 Å². The minimum atomic E-state index is -1.22. The molecule has 0 spiro atoms. The minimum absolute atomic E-state index is 0.790. The molecule has 0 aliphatic carbocycles. The maximum atomic E-state index is 2.65. The molecule has 0 bridgehead atoms. The highest BCUT2D eigenvalue weighted by Crippen LogP contribution is 2.43. The zero-order valence-electron chi connectivity index (χ0n) is 17.5. The van der Waals surface area contributed by atoms with E-state index in [1.165, 1.54) is 0 Å². The molecule has 0 N–H and O–H groups in total. The molecule has 0 aliphatic heterocycles.